The molecule has 2 aliphatic heterocycles. The number of nitrogens with zero attached hydrogens (tertiary/aromatic N) is 3. The van der Waals surface area contributed by atoms with Crippen LogP contribution in [0.25, 0.3) is 0 Å². The van der Waals surface area contributed by atoms with Gasteiger partial charge in [-0.15, -0.1) is 0 Å². The Bertz CT molecular complexity index is 965. The zero-order chi connectivity index (χ0) is 23.4. The first-order valence-electron chi connectivity index (χ1n) is 10.3. The summed E-state index contributed by atoms with van der Waals surface area (Å²) in [6.07, 6.45) is -0.494. The second-order valence-electron chi connectivity index (χ2n) is 7.76. The van der Waals surface area contributed by atoms with Crippen molar-refractivity contribution in [3.8, 4) is 5.75 Å². The van der Waals surface area contributed by atoms with Crippen molar-refractivity contribution in [2.45, 2.75) is 31.0 Å². The van der Waals surface area contributed by atoms with Gasteiger partial charge in [0.2, 0.25) is 11.9 Å². The summed E-state index contributed by atoms with van der Waals surface area (Å²) in [5, 5.41) is 3.17. The van der Waals surface area contributed by atoms with Crippen molar-refractivity contribution in [2.75, 3.05) is 31.6 Å². The number of hydrogen-bond donors (Lipinski definition) is 1. The van der Waals surface area contributed by atoms with Crippen LogP contribution in [0.2, 0.25) is 0 Å². The molecule has 0 saturated carbocycles. The van der Waals surface area contributed by atoms with Crippen molar-refractivity contribution in [2.24, 2.45) is 0 Å². The Kier molecular flexibility index (Phi) is 6.80. The van der Waals surface area contributed by atoms with Crippen LogP contribution < -0.4 is 10.1 Å². The molecule has 33 heavy (non-hydrogen) atoms. The number of rotatable bonds is 8. The van der Waals surface area contributed by atoms with E-state index in [0.717, 1.165) is 12.1 Å². The van der Waals surface area contributed by atoms with Crippen LogP contribution in [0.3, 0.4) is 0 Å². The van der Waals surface area contributed by atoms with Gasteiger partial charge in [-0.25, -0.2) is 9.97 Å². The molecule has 2 saturated heterocycles. The van der Waals surface area contributed by atoms with Gasteiger partial charge < -0.3 is 24.4 Å². The Morgan fingerprint density at radius 2 is 1.91 bits per heavy atom. The number of nitrogens with one attached hydrogen (secondary N) is 1. The fourth-order valence-corrected chi connectivity index (χ4v) is 3.48. The maximum Gasteiger partial charge on any atom is 0.416 e. The summed E-state index contributed by atoms with van der Waals surface area (Å²) in [5.74, 6) is 0.627. The van der Waals surface area contributed by atoms with Crippen molar-refractivity contribution in [1.82, 2.24) is 14.9 Å². The lowest BCUT2D eigenvalue weighted by molar-refractivity contribution is -0.137. The first-order valence-corrected chi connectivity index (χ1v) is 10.3. The van der Waals surface area contributed by atoms with Crippen LogP contribution in [-0.2, 0) is 27.1 Å². The summed E-state index contributed by atoms with van der Waals surface area (Å²) in [5.41, 5.74) is -0.128. The lowest BCUT2D eigenvalue weighted by Gasteiger charge is -2.26. The number of ether oxygens (including phenoxy) is 3. The molecule has 2 aliphatic rings. The molecule has 0 unspecified atom stereocenters. The molecule has 176 valence electrons. The van der Waals surface area contributed by atoms with Crippen LogP contribution >= 0.6 is 0 Å². The van der Waals surface area contributed by atoms with E-state index in [9.17, 15) is 18.0 Å². The van der Waals surface area contributed by atoms with Gasteiger partial charge in [0.15, 0.2) is 5.75 Å². The number of likely N-dealkylation sites (tertiary alicyclic amines) is 1. The smallest absolute Gasteiger partial charge is 0.416 e. The number of aromatic nitrogens is 2. The quantitative estimate of drug-likeness (QED) is 0.602. The number of carbonyl (C=O) groups is 1. The van der Waals surface area contributed by atoms with E-state index in [1.165, 1.54) is 18.2 Å². The molecule has 1 aromatic carbocycles. The first-order chi connectivity index (χ1) is 15.8. The Hall–Kier alpha value is -3.18. The molecule has 1 N–H and O–H groups in total. The summed E-state index contributed by atoms with van der Waals surface area (Å²) >= 11 is 0. The second kappa shape index (κ2) is 9.75. The molecular weight excluding hydrogens is 441 g/mol. The zero-order valence-electron chi connectivity index (χ0n) is 17.6. The highest BCUT2D eigenvalue weighted by Gasteiger charge is 2.36. The number of amides is 1. The Morgan fingerprint density at radius 3 is 2.48 bits per heavy atom. The van der Waals surface area contributed by atoms with Crippen LogP contribution in [0.1, 0.15) is 11.1 Å². The predicted molar refractivity (Wildman–Crippen MR) is 111 cm³/mol. The first kappa shape index (κ1) is 23.0. The van der Waals surface area contributed by atoms with Gasteiger partial charge >= 0.3 is 6.18 Å². The van der Waals surface area contributed by atoms with Crippen LogP contribution in [0, 0.1) is 0 Å². The number of benzene rings is 1. The highest BCUT2D eigenvalue weighted by molar-refractivity contribution is 5.87. The van der Waals surface area contributed by atoms with E-state index in [-0.39, 0.29) is 24.7 Å². The third kappa shape index (κ3) is 5.79. The van der Waals surface area contributed by atoms with E-state index in [1.54, 1.807) is 17.3 Å². The standard InChI is InChI=1S/C22H23F3N4O4/c1-2-20(30)29-9-18(28-21-26-7-16(8-27-21)33-17-12-31-13-17)19(10-29)32-11-14-3-5-15(6-4-14)22(23,24)25/h2-8,17-19H,1,9-13H2,(H,26,27,28)/t18-,19-/m1/s1. The van der Waals surface area contributed by atoms with Crippen molar-refractivity contribution in [3.63, 3.8) is 0 Å². The Balaban J connectivity index is 1.38. The highest BCUT2D eigenvalue weighted by atomic mass is 19.4. The molecule has 2 aromatic rings. The van der Waals surface area contributed by atoms with E-state index in [1.807, 2.05) is 0 Å². The number of halogens is 3. The SMILES string of the molecule is C=CC(=O)N1C[C@@H](Nc2ncc(OC3COC3)cn2)[C@H](OCc2ccc(C(F)(F)F)cc2)C1. The molecule has 4 rings (SSSR count). The molecule has 3 heterocycles. The molecule has 0 radical (unpaired) electrons. The molecule has 0 bridgehead atoms. The topological polar surface area (TPSA) is 85.8 Å². The minimum Gasteiger partial charge on any atom is -0.482 e. The highest BCUT2D eigenvalue weighted by Crippen LogP contribution is 2.29. The number of hydrogen-bond acceptors (Lipinski definition) is 7. The molecule has 8 nitrogen and oxygen atoms in total. The monoisotopic (exact) mass is 464 g/mol. The molecular formula is C22H23F3N4O4. The summed E-state index contributed by atoms with van der Waals surface area (Å²) in [4.78, 5) is 22.2. The van der Waals surface area contributed by atoms with E-state index in [2.05, 4.69) is 21.9 Å². The summed E-state index contributed by atoms with van der Waals surface area (Å²) in [6.45, 7) is 5.31. The van der Waals surface area contributed by atoms with Gasteiger partial charge in [-0.3, -0.25) is 4.79 Å². The van der Waals surface area contributed by atoms with Crippen molar-refractivity contribution < 1.29 is 32.2 Å². The average molecular weight is 464 g/mol. The van der Waals surface area contributed by atoms with Crippen LogP contribution in [0.4, 0.5) is 19.1 Å². The maximum absolute atomic E-state index is 12.8. The van der Waals surface area contributed by atoms with E-state index >= 15 is 0 Å². The third-order valence-corrected chi connectivity index (χ3v) is 5.35. The molecule has 1 amide bonds. The molecule has 0 aliphatic carbocycles. The van der Waals surface area contributed by atoms with Crippen molar-refractivity contribution >= 4 is 11.9 Å². The fourth-order valence-electron chi connectivity index (χ4n) is 3.48. The minimum absolute atomic E-state index is 0.00342. The molecule has 2 fully saturated rings. The van der Waals surface area contributed by atoms with Gasteiger partial charge in [0.05, 0.1) is 49.9 Å². The largest absolute Gasteiger partial charge is 0.482 e. The van der Waals surface area contributed by atoms with Crippen molar-refractivity contribution in [3.05, 3.63) is 60.4 Å². The van der Waals surface area contributed by atoms with E-state index < -0.39 is 17.8 Å². The Labute approximate surface area is 188 Å². The Morgan fingerprint density at radius 1 is 1.21 bits per heavy atom. The number of alkyl halides is 3. The third-order valence-electron chi connectivity index (χ3n) is 5.35. The summed E-state index contributed by atoms with van der Waals surface area (Å²) in [7, 11) is 0. The van der Waals surface area contributed by atoms with Crippen LogP contribution in [0.15, 0.2) is 49.3 Å². The molecule has 1 aromatic heterocycles. The van der Waals surface area contributed by atoms with Gasteiger partial charge in [-0.2, -0.15) is 13.2 Å². The van der Waals surface area contributed by atoms with Crippen molar-refractivity contribution in [1.29, 1.82) is 0 Å². The maximum atomic E-state index is 12.8. The number of carbonyl (C=O) groups excluding carboxylic acids is 1. The van der Waals surface area contributed by atoms with Crippen LogP contribution in [0.5, 0.6) is 5.75 Å². The summed E-state index contributed by atoms with van der Waals surface area (Å²) in [6, 6.07) is 4.47. The van der Waals surface area contributed by atoms with E-state index in [0.29, 0.717) is 43.6 Å². The number of anilines is 1. The van der Waals surface area contributed by atoms with Gasteiger partial charge in [-0.1, -0.05) is 18.7 Å². The van der Waals surface area contributed by atoms with Gasteiger partial charge in [0.1, 0.15) is 6.10 Å². The normalized spacial score (nSPS) is 20.9. The van der Waals surface area contributed by atoms with Crippen LogP contribution in [-0.4, -0.2) is 65.3 Å². The second-order valence-corrected chi connectivity index (χ2v) is 7.76. The van der Waals surface area contributed by atoms with Gasteiger partial charge in [0.25, 0.3) is 0 Å². The minimum atomic E-state index is -4.39. The predicted octanol–water partition coefficient (Wildman–Crippen LogP) is 2.67. The molecule has 11 heteroatoms. The molecule has 0 spiro atoms. The lowest BCUT2D eigenvalue weighted by atomic mass is 10.1. The van der Waals surface area contributed by atoms with Gasteiger partial charge in [-0.05, 0) is 23.8 Å². The summed E-state index contributed by atoms with van der Waals surface area (Å²) < 4.78 is 54.9. The molecule has 2 atom stereocenters. The zero-order valence-corrected chi connectivity index (χ0v) is 17.6. The van der Waals surface area contributed by atoms with Gasteiger partial charge in [0, 0.05) is 13.1 Å². The fraction of sp³-hybridized carbons (Fsp3) is 0.409. The lowest BCUT2D eigenvalue weighted by Crippen LogP contribution is -2.38. The average Bonchev–Trinajstić information content (AvgIpc) is 3.17. The van der Waals surface area contributed by atoms with E-state index in [4.69, 9.17) is 14.2 Å².